The minimum absolute atomic E-state index is 0.0248. The first-order chi connectivity index (χ1) is 15.0. The van der Waals surface area contributed by atoms with Gasteiger partial charge in [-0.05, 0) is 26.2 Å². The Morgan fingerprint density at radius 3 is 2.53 bits per heavy atom. The van der Waals surface area contributed by atoms with Gasteiger partial charge in [0.2, 0.25) is 11.9 Å². The molecule has 1 atom stereocenters. The molecule has 1 saturated carbocycles. The molecule has 0 bridgehead atoms. The van der Waals surface area contributed by atoms with E-state index in [0.29, 0.717) is 16.9 Å². The predicted molar refractivity (Wildman–Crippen MR) is 107 cm³/mol. The van der Waals surface area contributed by atoms with E-state index < -0.39 is 29.0 Å². The van der Waals surface area contributed by atoms with Gasteiger partial charge in [0, 0.05) is 25.2 Å². The van der Waals surface area contributed by atoms with E-state index >= 15 is 0 Å². The highest BCUT2D eigenvalue weighted by Crippen LogP contribution is 2.50. The molecule has 2 aromatic heterocycles. The van der Waals surface area contributed by atoms with Gasteiger partial charge in [0.05, 0.1) is 5.69 Å². The number of hydrogen-bond acceptors (Lipinski definition) is 10. The summed E-state index contributed by atoms with van der Waals surface area (Å²) in [6.07, 6.45) is -2.47. The first-order valence-electron chi connectivity index (χ1n) is 9.89. The number of aromatic nitrogens is 3. The van der Waals surface area contributed by atoms with E-state index in [0.717, 1.165) is 24.2 Å². The Bertz CT molecular complexity index is 1040. The summed E-state index contributed by atoms with van der Waals surface area (Å²) < 4.78 is 39.7. The lowest BCUT2D eigenvalue weighted by atomic mass is 9.84. The van der Waals surface area contributed by atoms with Crippen LogP contribution < -0.4 is 16.0 Å². The number of halogens is 3. The first-order valence-corrected chi connectivity index (χ1v) is 10.7. The van der Waals surface area contributed by atoms with Crippen molar-refractivity contribution in [3.63, 3.8) is 0 Å². The van der Waals surface area contributed by atoms with Crippen molar-refractivity contribution in [1.29, 1.82) is 0 Å². The number of carbonyl (C=O) groups excluding carboxylic acids is 1. The number of nitrogens with zero attached hydrogens (tertiary/aromatic N) is 3. The molecule has 1 unspecified atom stereocenters. The Hall–Kier alpha value is -2.55. The summed E-state index contributed by atoms with van der Waals surface area (Å²) in [5, 5.41) is 38.2. The summed E-state index contributed by atoms with van der Waals surface area (Å²) in [5.74, 6) is -4.63. The third-order valence-electron chi connectivity index (χ3n) is 5.39. The Morgan fingerprint density at radius 2 is 2.00 bits per heavy atom. The average Bonchev–Trinajstić information content (AvgIpc) is 3.32. The average molecular weight is 474 g/mol. The Kier molecular flexibility index (Phi) is 5.51. The van der Waals surface area contributed by atoms with Gasteiger partial charge < -0.3 is 31.3 Å². The molecule has 14 heteroatoms. The van der Waals surface area contributed by atoms with Crippen molar-refractivity contribution >= 4 is 34.0 Å². The van der Waals surface area contributed by atoms with Gasteiger partial charge in [0.25, 0.3) is 5.97 Å². The van der Waals surface area contributed by atoms with Gasteiger partial charge in [0.1, 0.15) is 21.4 Å². The van der Waals surface area contributed by atoms with Gasteiger partial charge >= 0.3 is 6.18 Å². The summed E-state index contributed by atoms with van der Waals surface area (Å²) in [6, 6.07) is 0. The summed E-state index contributed by atoms with van der Waals surface area (Å²) in [5.41, 5.74) is -2.59. The molecular weight excluding hydrogens is 453 g/mol. The number of alkyl halides is 3. The monoisotopic (exact) mass is 474 g/mol. The van der Waals surface area contributed by atoms with Crippen LogP contribution >= 0.6 is 11.3 Å². The van der Waals surface area contributed by atoms with Crippen molar-refractivity contribution in [2.45, 2.75) is 49.7 Å². The molecule has 0 radical (unpaired) electrons. The smallest absolute Gasteiger partial charge is 0.370 e. The normalized spacial score (nSPS) is 21.5. The molecule has 1 aliphatic heterocycles. The van der Waals surface area contributed by atoms with Crippen molar-refractivity contribution in [2.24, 2.45) is 0 Å². The van der Waals surface area contributed by atoms with Crippen LogP contribution in [0.1, 0.15) is 48.4 Å². The second-order valence-electron chi connectivity index (χ2n) is 7.66. The van der Waals surface area contributed by atoms with Gasteiger partial charge in [-0.1, -0.05) is 11.3 Å². The summed E-state index contributed by atoms with van der Waals surface area (Å²) in [6.45, 7) is 1.95. The van der Waals surface area contributed by atoms with Gasteiger partial charge in [-0.3, -0.25) is 4.79 Å². The molecule has 2 fully saturated rings. The lowest BCUT2D eigenvalue weighted by Crippen LogP contribution is -2.56. The highest BCUT2D eigenvalue weighted by molar-refractivity contribution is 7.16. The SMILES string of the molecule is CCNc1nc(Nc2sc(C3(C(O)(O)O)CCNC3=O)nc2C2CC2)ncc1C(F)(F)F. The first kappa shape index (κ1) is 22.6. The van der Waals surface area contributed by atoms with E-state index in [9.17, 15) is 33.3 Å². The van der Waals surface area contributed by atoms with Crippen LogP contribution in [0, 0.1) is 0 Å². The van der Waals surface area contributed by atoms with Crippen molar-refractivity contribution in [3.8, 4) is 0 Å². The molecule has 32 heavy (non-hydrogen) atoms. The number of thiazole rings is 1. The molecule has 3 heterocycles. The number of nitrogens with one attached hydrogen (secondary N) is 3. The Labute approximate surface area is 183 Å². The number of hydrogen-bond donors (Lipinski definition) is 6. The lowest BCUT2D eigenvalue weighted by molar-refractivity contribution is -0.342. The predicted octanol–water partition coefficient (Wildman–Crippen LogP) is 1.39. The van der Waals surface area contributed by atoms with Crippen molar-refractivity contribution in [1.82, 2.24) is 20.3 Å². The number of carbonyl (C=O) groups is 1. The molecule has 4 rings (SSSR count). The third kappa shape index (κ3) is 3.87. The van der Waals surface area contributed by atoms with Crippen LogP contribution in [-0.4, -0.2) is 55.2 Å². The number of anilines is 3. The standard InChI is InChI=1S/C18H21F3N6O4S/c1-2-22-11-9(17(19,20)21)7-24-15(26-11)27-12-10(8-3-4-8)25-14(32-12)16(18(29,30)31)5-6-23-13(16)28/h7-8,29-31H,2-6H2,1H3,(H,23,28)(H2,22,24,26,27). The highest BCUT2D eigenvalue weighted by Gasteiger charge is 2.61. The van der Waals surface area contributed by atoms with Crippen LogP contribution in [0.25, 0.3) is 0 Å². The van der Waals surface area contributed by atoms with Crippen molar-refractivity contribution in [3.05, 3.63) is 22.5 Å². The number of aliphatic hydroxyl groups is 3. The largest absolute Gasteiger partial charge is 0.421 e. The molecule has 1 aliphatic carbocycles. The van der Waals surface area contributed by atoms with Crippen LogP contribution in [0.5, 0.6) is 0 Å². The number of amides is 1. The fraction of sp³-hybridized carbons (Fsp3) is 0.556. The van der Waals surface area contributed by atoms with Gasteiger partial charge in [-0.25, -0.2) is 9.97 Å². The van der Waals surface area contributed by atoms with Gasteiger partial charge in [0.15, 0.2) is 5.41 Å². The zero-order valence-corrected chi connectivity index (χ0v) is 17.6. The minimum atomic E-state index is -4.64. The topological polar surface area (TPSA) is 153 Å². The van der Waals surface area contributed by atoms with Gasteiger partial charge in [-0.15, -0.1) is 0 Å². The van der Waals surface area contributed by atoms with Crippen molar-refractivity contribution in [2.75, 3.05) is 23.7 Å². The molecule has 174 valence electrons. The van der Waals surface area contributed by atoms with E-state index in [1.54, 1.807) is 6.92 Å². The van der Waals surface area contributed by atoms with Gasteiger partial charge in [-0.2, -0.15) is 18.2 Å². The summed E-state index contributed by atoms with van der Waals surface area (Å²) in [4.78, 5) is 24.6. The van der Waals surface area contributed by atoms with E-state index in [2.05, 4.69) is 30.9 Å². The molecule has 6 N–H and O–H groups in total. The fourth-order valence-electron chi connectivity index (χ4n) is 3.59. The Balaban J connectivity index is 1.73. The molecule has 2 aliphatic rings. The molecule has 1 saturated heterocycles. The van der Waals surface area contributed by atoms with Crippen LogP contribution in [0.3, 0.4) is 0 Å². The Morgan fingerprint density at radius 1 is 1.28 bits per heavy atom. The maximum atomic E-state index is 13.2. The summed E-state index contributed by atoms with van der Waals surface area (Å²) in [7, 11) is 0. The molecule has 2 aromatic rings. The molecule has 0 spiro atoms. The van der Waals surface area contributed by atoms with Crippen LogP contribution in [0.4, 0.5) is 29.9 Å². The van der Waals surface area contributed by atoms with E-state index in [4.69, 9.17) is 0 Å². The fourth-order valence-corrected chi connectivity index (χ4v) is 4.89. The maximum Gasteiger partial charge on any atom is 0.421 e. The van der Waals surface area contributed by atoms with E-state index in [1.165, 1.54) is 0 Å². The molecular formula is C18H21F3N6O4S. The minimum Gasteiger partial charge on any atom is -0.370 e. The van der Waals surface area contributed by atoms with E-state index in [1.807, 2.05) is 0 Å². The van der Waals surface area contributed by atoms with Crippen LogP contribution in [0.15, 0.2) is 6.20 Å². The van der Waals surface area contributed by atoms with E-state index in [-0.39, 0.29) is 42.2 Å². The second kappa shape index (κ2) is 7.79. The third-order valence-corrected chi connectivity index (χ3v) is 6.54. The maximum absolute atomic E-state index is 13.2. The molecule has 0 aromatic carbocycles. The quantitative estimate of drug-likeness (QED) is 0.327. The molecule has 1 amide bonds. The van der Waals surface area contributed by atoms with Crippen LogP contribution in [-0.2, 0) is 16.4 Å². The second-order valence-corrected chi connectivity index (χ2v) is 8.66. The van der Waals surface area contributed by atoms with Crippen molar-refractivity contribution < 1.29 is 33.3 Å². The number of rotatable bonds is 7. The summed E-state index contributed by atoms with van der Waals surface area (Å²) >= 11 is 0.893. The lowest BCUT2D eigenvalue weighted by Gasteiger charge is -2.31. The van der Waals surface area contributed by atoms with Crippen LogP contribution in [0.2, 0.25) is 0 Å². The zero-order valence-electron chi connectivity index (χ0n) is 16.8. The zero-order chi connectivity index (χ0) is 23.3. The highest BCUT2D eigenvalue weighted by atomic mass is 32.1. The molecule has 10 nitrogen and oxygen atoms in total.